The van der Waals surface area contributed by atoms with Crippen molar-refractivity contribution in [1.29, 1.82) is 0 Å². The molecule has 0 fully saturated rings. The molecule has 0 aliphatic heterocycles. The first-order valence-corrected chi connectivity index (χ1v) is 6.18. The molecule has 0 unspecified atom stereocenters. The Morgan fingerprint density at radius 1 is 1.06 bits per heavy atom. The molecule has 0 radical (unpaired) electrons. The van der Waals surface area contributed by atoms with Crippen molar-refractivity contribution in [2.75, 3.05) is 6.61 Å². The van der Waals surface area contributed by atoms with Gasteiger partial charge in [0.25, 0.3) is 0 Å². The number of ether oxygens (including phenoxy) is 1. The standard InChI is InChI=1S/C16H15NO/c1-2-18-13-8-9-16-14(10-13)15(11-17-16)12-6-4-3-5-7-12/h3-11,17H,2H2,1H3. The van der Waals surface area contributed by atoms with E-state index in [1.807, 2.05) is 19.1 Å². The highest BCUT2D eigenvalue weighted by atomic mass is 16.5. The molecule has 3 rings (SSSR count). The van der Waals surface area contributed by atoms with Crippen LogP contribution in [0.2, 0.25) is 0 Å². The molecular formula is C16H15NO. The molecule has 1 aromatic heterocycles. The van der Waals surface area contributed by atoms with Gasteiger partial charge >= 0.3 is 0 Å². The fraction of sp³-hybridized carbons (Fsp3) is 0.125. The summed E-state index contributed by atoms with van der Waals surface area (Å²) in [7, 11) is 0. The van der Waals surface area contributed by atoms with Gasteiger partial charge in [0.15, 0.2) is 0 Å². The second-order valence-corrected chi connectivity index (χ2v) is 4.21. The van der Waals surface area contributed by atoms with Gasteiger partial charge in [-0.1, -0.05) is 30.3 Å². The zero-order valence-corrected chi connectivity index (χ0v) is 10.3. The van der Waals surface area contributed by atoms with E-state index in [0.717, 1.165) is 11.3 Å². The Morgan fingerprint density at radius 2 is 1.89 bits per heavy atom. The number of rotatable bonds is 3. The molecule has 2 nitrogen and oxygen atoms in total. The Kier molecular flexibility index (Phi) is 2.77. The smallest absolute Gasteiger partial charge is 0.120 e. The van der Waals surface area contributed by atoms with Crippen molar-refractivity contribution in [3.05, 3.63) is 54.7 Å². The topological polar surface area (TPSA) is 25.0 Å². The maximum absolute atomic E-state index is 5.56. The summed E-state index contributed by atoms with van der Waals surface area (Å²) in [4.78, 5) is 3.30. The lowest BCUT2D eigenvalue weighted by Gasteiger charge is -2.04. The van der Waals surface area contributed by atoms with Crippen molar-refractivity contribution in [3.63, 3.8) is 0 Å². The summed E-state index contributed by atoms with van der Waals surface area (Å²) >= 11 is 0. The molecule has 0 bridgehead atoms. The number of fused-ring (bicyclic) bond motifs is 1. The zero-order chi connectivity index (χ0) is 12.4. The van der Waals surface area contributed by atoms with Crippen LogP contribution in [0.4, 0.5) is 0 Å². The van der Waals surface area contributed by atoms with Gasteiger partial charge < -0.3 is 9.72 Å². The lowest BCUT2D eigenvalue weighted by Crippen LogP contribution is -1.90. The van der Waals surface area contributed by atoms with Gasteiger partial charge in [0.2, 0.25) is 0 Å². The molecule has 2 heteroatoms. The minimum atomic E-state index is 0.691. The van der Waals surface area contributed by atoms with Crippen molar-refractivity contribution in [1.82, 2.24) is 4.98 Å². The quantitative estimate of drug-likeness (QED) is 0.724. The highest BCUT2D eigenvalue weighted by Gasteiger charge is 2.06. The summed E-state index contributed by atoms with van der Waals surface area (Å²) in [6.07, 6.45) is 2.05. The second kappa shape index (κ2) is 4.57. The van der Waals surface area contributed by atoms with Crippen LogP contribution in [0.3, 0.4) is 0 Å². The molecule has 90 valence electrons. The van der Waals surface area contributed by atoms with Crippen LogP contribution in [0.15, 0.2) is 54.7 Å². The SMILES string of the molecule is CCOc1ccc2[nH]cc(-c3ccccc3)c2c1. The third-order valence-corrected chi connectivity index (χ3v) is 3.05. The Bertz CT molecular complexity index is 655. The first-order valence-electron chi connectivity index (χ1n) is 6.18. The van der Waals surface area contributed by atoms with Gasteiger partial charge in [-0.15, -0.1) is 0 Å². The number of hydrogen-bond acceptors (Lipinski definition) is 1. The lowest BCUT2D eigenvalue weighted by molar-refractivity contribution is 0.341. The highest BCUT2D eigenvalue weighted by Crippen LogP contribution is 2.30. The maximum Gasteiger partial charge on any atom is 0.120 e. The number of nitrogens with one attached hydrogen (secondary N) is 1. The van der Waals surface area contributed by atoms with Crippen LogP contribution in [0.25, 0.3) is 22.0 Å². The molecule has 0 saturated carbocycles. The molecule has 0 aliphatic carbocycles. The van der Waals surface area contributed by atoms with Gasteiger partial charge in [-0.25, -0.2) is 0 Å². The lowest BCUT2D eigenvalue weighted by atomic mass is 10.0. The van der Waals surface area contributed by atoms with E-state index in [4.69, 9.17) is 4.74 Å². The maximum atomic E-state index is 5.56. The summed E-state index contributed by atoms with van der Waals surface area (Å²) in [5.41, 5.74) is 3.57. The molecule has 3 aromatic rings. The molecule has 2 aromatic carbocycles. The van der Waals surface area contributed by atoms with Crippen molar-refractivity contribution >= 4 is 10.9 Å². The van der Waals surface area contributed by atoms with Crippen LogP contribution in [0.5, 0.6) is 5.75 Å². The number of aromatic nitrogens is 1. The van der Waals surface area contributed by atoms with Crippen LogP contribution >= 0.6 is 0 Å². The van der Waals surface area contributed by atoms with E-state index in [2.05, 4.69) is 47.6 Å². The fourth-order valence-corrected chi connectivity index (χ4v) is 2.21. The monoisotopic (exact) mass is 237 g/mol. The molecule has 1 N–H and O–H groups in total. The number of hydrogen-bond donors (Lipinski definition) is 1. The largest absolute Gasteiger partial charge is 0.494 e. The van der Waals surface area contributed by atoms with E-state index in [1.54, 1.807) is 0 Å². The normalized spacial score (nSPS) is 10.7. The Labute approximate surface area is 106 Å². The van der Waals surface area contributed by atoms with Gasteiger partial charge in [0.1, 0.15) is 5.75 Å². The molecule has 0 spiro atoms. The molecule has 0 aliphatic rings. The minimum Gasteiger partial charge on any atom is -0.494 e. The van der Waals surface area contributed by atoms with Gasteiger partial charge in [0, 0.05) is 22.7 Å². The van der Waals surface area contributed by atoms with E-state index < -0.39 is 0 Å². The summed E-state index contributed by atoms with van der Waals surface area (Å²) < 4.78 is 5.56. The zero-order valence-electron chi connectivity index (χ0n) is 10.3. The van der Waals surface area contributed by atoms with Crippen molar-refractivity contribution < 1.29 is 4.74 Å². The van der Waals surface area contributed by atoms with Crippen molar-refractivity contribution in [3.8, 4) is 16.9 Å². The average molecular weight is 237 g/mol. The van der Waals surface area contributed by atoms with Crippen molar-refractivity contribution in [2.45, 2.75) is 6.92 Å². The summed E-state index contributed by atoms with van der Waals surface area (Å²) in [6.45, 7) is 2.69. The van der Waals surface area contributed by atoms with E-state index in [9.17, 15) is 0 Å². The van der Waals surface area contributed by atoms with Crippen LogP contribution in [0.1, 0.15) is 6.92 Å². The second-order valence-electron chi connectivity index (χ2n) is 4.21. The molecule has 0 amide bonds. The molecule has 0 saturated heterocycles. The van der Waals surface area contributed by atoms with Gasteiger partial charge in [-0.2, -0.15) is 0 Å². The van der Waals surface area contributed by atoms with Crippen LogP contribution in [0, 0.1) is 0 Å². The Balaban J connectivity index is 2.15. The Hall–Kier alpha value is -2.22. The van der Waals surface area contributed by atoms with Crippen LogP contribution < -0.4 is 4.74 Å². The molecule has 1 heterocycles. The number of H-pyrrole nitrogens is 1. The Morgan fingerprint density at radius 3 is 2.67 bits per heavy atom. The first kappa shape index (κ1) is 10.9. The molecule has 0 atom stereocenters. The third-order valence-electron chi connectivity index (χ3n) is 3.05. The van der Waals surface area contributed by atoms with Gasteiger partial charge in [-0.3, -0.25) is 0 Å². The van der Waals surface area contributed by atoms with E-state index >= 15 is 0 Å². The molecule has 18 heavy (non-hydrogen) atoms. The van der Waals surface area contributed by atoms with Crippen LogP contribution in [-0.2, 0) is 0 Å². The fourth-order valence-electron chi connectivity index (χ4n) is 2.21. The summed E-state index contributed by atoms with van der Waals surface area (Å²) in [5.74, 6) is 0.918. The van der Waals surface area contributed by atoms with E-state index in [1.165, 1.54) is 16.5 Å². The summed E-state index contributed by atoms with van der Waals surface area (Å²) in [6, 6.07) is 16.5. The van der Waals surface area contributed by atoms with Crippen LogP contribution in [-0.4, -0.2) is 11.6 Å². The number of benzene rings is 2. The first-order chi connectivity index (χ1) is 8.88. The highest BCUT2D eigenvalue weighted by molar-refractivity contribution is 5.96. The summed E-state index contributed by atoms with van der Waals surface area (Å²) in [5, 5.41) is 1.20. The minimum absolute atomic E-state index is 0.691. The van der Waals surface area contributed by atoms with Gasteiger partial charge in [-0.05, 0) is 30.7 Å². The van der Waals surface area contributed by atoms with Gasteiger partial charge in [0.05, 0.1) is 6.61 Å². The average Bonchev–Trinajstić information content (AvgIpc) is 2.83. The third kappa shape index (κ3) is 1.86. The predicted molar refractivity (Wildman–Crippen MR) is 74.9 cm³/mol. The van der Waals surface area contributed by atoms with Crippen molar-refractivity contribution in [2.24, 2.45) is 0 Å². The molecular weight excluding hydrogens is 222 g/mol. The van der Waals surface area contributed by atoms with E-state index in [0.29, 0.717) is 6.61 Å². The number of aromatic amines is 1. The van der Waals surface area contributed by atoms with E-state index in [-0.39, 0.29) is 0 Å². The predicted octanol–water partition coefficient (Wildman–Crippen LogP) is 4.23.